The highest BCUT2D eigenvalue weighted by Crippen LogP contribution is 2.22. The second kappa shape index (κ2) is 9.11. The van der Waals surface area contributed by atoms with E-state index in [0.717, 1.165) is 11.1 Å². The number of carbonyl (C=O) groups excluding carboxylic acids is 2. The number of nitrogens with zero attached hydrogens (tertiary/aromatic N) is 2. The number of benzene rings is 2. The lowest BCUT2D eigenvalue weighted by molar-refractivity contribution is 0.0518. The van der Waals surface area contributed by atoms with Crippen LogP contribution in [0, 0.1) is 13.8 Å². The fraction of sp³-hybridized carbons (Fsp3) is 0.250. The van der Waals surface area contributed by atoms with Crippen molar-refractivity contribution in [2.45, 2.75) is 18.7 Å². The van der Waals surface area contributed by atoms with Crippen molar-refractivity contribution >= 4 is 27.5 Å². The number of nitrogens with one attached hydrogen (secondary N) is 1. The molecule has 9 heteroatoms. The number of hydrogen-bond donors (Lipinski definition) is 1. The van der Waals surface area contributed by atoms with Gasteiger partial charge in [0, 0.05) is 31.7 Å². The van der Waals surface area contributed by atoms with Crippen LogP contribution in [0.3, 0.4) is 0 Å². The fourth-order valence-electron chi connectivity index (χ4n) is 3.78. The van der Waals surface area contributed by atoms with Crippen LogP contribution in [0.2, 0.25) is 0 Å². The SMILES string of the molecule is Cc1ccc(NS(=O)(=O)c2cccc(C(=O)N3CCN(C(=O)c4ccco4)CC3)c2)c(C)c1. The Hall–Kier alpha value is -3.59. The van der Waals surface area contributed by atoms with Gasteiger partial charge in [0.1, 0.15) is 0 Å². The first-order chi connectivity index (χ1) is 15.7. The summed E-state index contributed by atoms with van der Waals surface area (Å²) in [5.41, 5.74) is 2.63. The number of piperazine rings is 1. The van der Waals surface area contributed by atoms with E-state index in [1.165, 1.54) is 18.4 Å². The zero-order valence-electron chi connectivity index (χ0n) is 18.4. The van der Waals surface area contributed by atoms with Gasteiger partial charge in [-0.1, -0.05) is 23.8 Å². The standard InChI is InChI=1S/C24H25N3O5S/c1-17-8-9-21(18(2)15-17)25-33(30,31)20-6-3-5-19(16-20)23(28)26-10-12-27(13-11-26)24(29)22-7-4-14-32-22/h3-9,14-16,25H,10-13H2,1-2H3. The summed E-state index contributed by atoms with van der Waals surface area (Å²) in [6.45, 7) is 5.22. The normalized spacial score (nSPS) is 14.2. The van der Waals surface area contributed by atoms with Gasteiger partial charge in [-0.25, -0.2) is 8.42 Å². The van der Waals surface area contributed by atoms with Gasteiger partial charge in [0.25, 0.3) is 21.8 Å². The number of carbonyl (C=O) groups is 2. The third-order valence-corrected chi connectivity index (χ3v) is 6.97. The van der Waals surface area contributed by atoms with Gasteiger partial charge in [-0.3, -0.25) is 14.3 Å². The number of hydrogen-bond acceptors (Lipinski definition) is 5. The molecule has 0 radical (unpaired) electrons. The molecule has 172 valence electrons. The van der Waals surface area contributed by atoms with Crippen LogP contribution in [0.4, 0.5) is 5.69 Å². The van der Waals surface area contributed by atoms with Crippen molar-refractivity contribution in [2.24, 2.45) is 0 Å². The van der Waals surface area contributed by atoms with E-state index in [1.807, 2.05) is 26.0 Å². The lowest BCUT2D eigenvalue weighted by Crippen LogP contribution is -2.50. The van der Waals surface area contributed by atoms with E-state index >= 15 is 0 Å². The molecule has 33 heavy (non-hydrogen) atoms. The summed E-state index contributed by atoms with van der Waals surface area (Å²) >= 11 is 0. The second-order valence-corrected chi connectivity index (χ2v) is 9.70. The number of furan rings is 1. The van der Waals surface area contributed by atoms with E-state index in [-0.39, 0.29) is 28.0 Å². The Bertz CT molecular complexity index is 1280. The number of rotatable bonds is 5. The molecule has 2 aromatic carbocycles. The van der Waals surface area contributed by atoms with Crippen molar-refractivity contribution in [3.63, 3.8) is 0 Å². The predicted molar refractivity (Wildman–Crippen MR) is 124 cm³/mol. The first-order valence-corrected chi connectivity index (χ1v) is 12.0. The number of sulfonamides is 1. The van der Waals surface area contributed by atoms with Crippen molar-refractivity contribution in [2.75, 3.05) is 30.9 Å². The first-order valence-electron chi connectivity index (χ1n) is 10.6. The summed E-state index contributed by atoms with van der Waals surface area (Å²) in [5, 5.41) is 0. The average molecular weight is 468 g/mol. The molecule has 0 aliphatic carbocycles. The summed E-state index contributed by atoms with van der Waals surface area (Å²) in [6, 6.07) is 14.7. The molecule has 0 atom stereocenters. The van der Waals surface area contributed by atoms with Crippen LogP contribution in [0.25, 0.3) is 0 Å². The van der Waals surface area contributed by atoms with Crippen LogP contribution in [-0.4, -0.2) is 56.2 Å². The molecular formula is C24H25N3O5S. The highest BCUT2D eigenvalue weighted by molar-refractivity contribution is 7.92. The summed E-state index contributed by atoms with van der Waals surface area (Å²) in [4.78, 5) is 28.7. The third-order valence-electron chi connectivity index (χ3n) is 5.60. The minimum Gasteiger partial charge on any atom is -0.459 e. The molecule has 1 aliphatic rings. The van der Waals surface area contributed by atoms with Crippen LogP contribution in [0.15, 0.2) is 70.2 Å². The molecule has 1 aliphatic heterocycles. The van der Waals surface area contributed by atoms with Crippen molar-refractivity contribution in [3.05, 3.63) is 83.3 Å². The minimum atomic E-state index is -3.86. The van der Waals surface area contributed by atoms with Crippen LogP contribution >= 0.6 is 0 Å². The van der Waals surface area contributed by atoms with Gasteiger partial charge >= 0.3 is 0 Å². The van der Waals surface area contributed by atoms with Gasteiger partial charge in [-0.15, -0.1) is 0 Å². The topological polar surface area (TPSA) is 99.9 Å². The first kappa shape index (κ1) is 22.6. The van der Waals surface area contributed by atoms with Gasteiger partial charge in [0.05, 0.1) is 16.8 Å². The molecule has 2 heterocycles. The largest absolute Gasteiger partial charge is 0.459 e. The van der Waals surface area contributed by atoms with Crippen LogP contribution in [-0.2, 0) is 10.0 Å². The zero-order valence-corrected chi connectivity index (χ0v) is 19.3. The second-order valence-electron chi connectivity index (χ2n) is 8.01. The Labute approximate surface area is 192 Å². The maximum absolute atomic E-state index is 13.0. The highest BCUT2D eigenvalue weighted by Gasteiger charge is 2.27. The zero-order chi connectivity index (χ0) is 23.6. The van der Waals surface area contributed by atoms with Crippen molar-refractivity contribution in [1.82, 2.24) is 9.80 Å². The Kier molecular flexibility index (Phi) is 6.24. The summed E-state index contributed by atoms with van der Waals surface area (Å²) in [5.74, 6) is -0.217. The van der Waals surface area contributed by atoms with Gasteiger partial charge in [-0.05, 0) is 55.8 Å². The molecule has 8 nitrogen and oxygen atoms in total. The van der Waals surface area contributed by atoms with Crippen LogP contribution in [0.1, 0.15) is 32.0 Å². The Morgan fingerprint density at radius 2 is 1.58 bits per heavy atom. The van der Waals surface area contributed by atoms with E-state index in [0.29, 0.717) is 31.9 Å². The molecule has 2 amide bonds. The Morgan fingerprint density at radius 3 is 2.21 bits per heavy atom. The molecule has 3 aromatic rings. The van der Waals surface area contributed by atoms with Crippen molar-refractivity contribution < 1.29 is 22.4 Å². The van der Waals surface area contributed by atoms with Gasteiger partial charge < -0.3 is 14.2 Å². The predicted octanol–water partition coefficient (Wildman–Crippen LogP) is 3.30. The van der Waals surface area contributed by atoms with Gasteiger partial charge in [0.2, 0.25) is 0 Å². The minimum absolute atomic E-state index is 0.0139. The maximum atomic E-state index is 13.0. The molecule has 0 spiro atoms. The molecule has 1 N–H and O–H groups in total. The number of anilines is 1. The van der Waals surface area contributed by atoms with Crippen LogP contribution in [0.5, 0.6) is 0 Å². The van der Waals surface area contributed by atoms with E-state index in [2.05, 4.69) is 4.72 Å². The molecule has 4 rings (SSSR count). The lowest BCUT2D eigenvalue weighted by Gasteiger charge is -2.34. The van der Waals surface area contributed by atoms with Crippen molar-refractivity contribution in [1.29, 1.82) is 0 Å². The lowest BCUT2D eigenvalue weighted by atomic mass is 10.1. The number of aryl methyl sites for hydroxylation is 2. The molecule has 0 unspecified atom stereocenters. The fourth-order valence-corrected chi connectivity index (χ4v) is 4.96. The van der Waals surface area contributed by atoms with Crippen molar-refractivity contribution in [3.8, 4) is 0 Å². The van der Waals surface area contributed by atoms with E-state index in [1.54, 1.807) is 40.1 Å². The monoisotopic (exact) mass is 467 g/mol. The van der Waals surface area contributed by atoms with Crippen LogP contribution < -0.4 is 4.72 Å². The smallest absolute Gasteiger partial charge is 0.289 e. The Morgan fingerprint density at radius 1 is 0.879 bits per heavy atom. The molecular weight excluding hydrogens is 442 g/mol. The quantitative estimate of drug-likeness (QED) is 0.621. The van der Waals surface area contributed by atoms with E-state index in [9.17, 15) is 18.0 Å². The summed E-state index contributed by atoms with van der Waals surface area (Å²) in [7, 11) is -3.86. The highest BCUT2D eigenvalue weighted by atomic mass is 32.2. The third kappa shape index (κ3) is 4.93. The molecule has 0 bridgehead atoms. The van der Waals surface area contributed by atoms with E-state index in [4.69, 9.17) is 4.42 Å². The number of amides is 2. The van der Waals surface area contributed by atoms with Gasteiger partial charge in [0.15, 0.2) is 5.76 Å². The van der Waals surface area contributed by atoms with Gasteiger partial charge in [-0.2, -0.15) is 0 Å². The molecule has 0 saturated carbocycles. The maximum Gasteiger partial charge on any atom is 0.289 e. The van der Waals surface area contributed by atoms with E-state index < -0.39 is 10.0 Å². The average Bonchev–Trinajstić information content (AvgIpc) is 3.35. The molecule has 1 fully saturated rings. The Balaban J connectivity index is 1.45. The molecule has 1 saturated heterocycles. The summed E-state index contributed by atoms with van der Waals surface area (Å²) in [6.07, 6.45) is 1.45. The molecule has 1 aromatic heterocycles. The summed E-state index contributed by atoms with van der Waals surface area (Å²) < 4.78 is 33.6.